The molecule has 0 saturated carbocycles. The molecule has 0 spiro atoms. The van der Waals surface area contributed by atoms with Crippen LogP contribution in [0.15, 0.2) is 36.7 Å². The molecule has 0 N–H and O–H groups in total. The van der Waals surface area contributed by atoms with Gasteiger partial charge in [0.15, 0.2) is 0 Å². The predicted octanol–water partition coefficient (Wildman–Crippen LogP) is 2.96. The zero-order chi connectivity index (χ0) is 17.0. The van der Waals surface area contributed by atoms with Crippen LogP contribution in [0.1, 0.15) is 21.7 Å². The summed E-state index contributed by atoms with van der Waals surface area (Å²) in [5.41, 5.74) is 1.01. The first-order valence-corrected chi connectivity index (χ1v) is 6.64. The summed E-state index contributed by atoms with van der Waals surface area (Å²) >= 11 is 0. The Labute approximate surface area is 130 Å². The van der Waals surface area contributed by atoms with Gasteiger partial charge < -0.3 is 9.64 Å². The molecule has 5 nitrogen and oxygen atoms in total. The molecule has 0 aliphatic heterocycles. The molecule has 0 aliphatic rings. The molecule has 0 fully saturated rings. The van der Waals surface area contributed by atoms with Crippen LogP contribution in [0.25, 0.3) is 0 Å². The molecule has 1 amide bonds. The minimum atomic E-state index is -4.79. The van der Waals surface area contributed by atoms with Gasteiger partial charge in [0.25, 0.3) is 5.91 Å². The maximum absolute atomic E-state index is 12.4. The molecule has 0 aliphatic carbocycles. The van der Waals surface area contributed by atoms with Gasteiger partial charge in [-0.1, -0.05) is 18.2 Å². The number of nitrogens with zero attached hydrogens (tertiary/aromatic N) is 3. The van der Waals surface area contributed by atoms with E-state index in [1.165, 1.54) is 42.5 Å². The van der Waals surface area contributed by atoms with Gasteiger partial charge in [0.05, 0.1) is 11.9 Å². The van der Waals surface area contributed by atoms with Crippen LogP contribution < -0.4 is 4.74 Å². The Balaban J connectivity index is 2.15. The van der Waals surface area contributed by atoms with Crippen LogP contribution in [-0.4, -0.2) is 34.2 Å². The normalized spacial score (nSPS) is 11.2. The standard InChI is InChI=1S/C15H14F3N3O2/c1-10-7-20-12(8-19-10)14(22)21(2)9-11-5-3-4-6-13(11)23-15(16,17)18/h3-8H,9H2,1-2H3. The van der Waals surface area contributed by atoms with Crippen molar-refractivity contribution in [1.82, 2.24) is 14.9 Å². The molecule has 0 atom stereocenters. The van der Waals surface area contributed by atoms with Gasteiger partial charge in [0, 0.05) is 25.4 Å². The third-order valence-electron chi connectivity index (χ3n) is 2.95. The van der Waals surface area contributed by atoms with Crippen molar-refractivity contribution in [2.45, 2.75) is 19.8 Å². The van der Waals surface area contributed by atoms with Crippen molar-refractivity contribution < 1.29 is 22.7 Å². The van der Waals surface area contributed by atoms with Crippen LogP contribution in [-0.2, 0) is 6.54 Å². The quantitative estimate of drug-likeness (QED) is 0.867. The smallest absolute Gasteiger partial charge is 0.405 e. The number of para-hydroxylation sites is 1. The third kappa shape index (κ3) is 4.67. The zero-order valence-electron chi connectivity index (χ0n) is 12.5. The predicted molar refractivity (Wildman–Crippen MR) is 75.7 cm³/mol. The number of alkyl halides is 3. The second-order valence-corrected chi connectivity index (χ2v) is 4.86. The van der Waals surface area contributed by atoms with Gasteiger partial charge in [-0.25, -0.2) is 4.98 Å². The summed E-state index contributed by atoms with van der Waals surface area (Å²) in [5.74, 6) is -0.783. The number of hydrogen-bond acceptors (Lipinski definition) is 4. The highest BCUT2D eigenvalue weighted by Gasteiger charge is 2.32. The molecule has 1 heterocycles. The van der Waals surface area contributed by atoms with Crippen LogP contribution in [0.3, 0.4) is 0 Å². The van der Waals surface area contributed by atoms with Crippen LogP contribution >= 0.6 is 0 Å². The second kappa shape index (κ2) is 6.64. The summed E-state index contributed by atoms with van der Waals surface area (Å²) in [6.07, 6.45) is -2.02. The van der Waals surface area contributed by atoms with Gasteiger partial charge in [-0.2, -0.15) is 0 Å². The van der Waals surface area contributed by atoms with E-state index in [4.69, 9.17) is 0 Å². The molecule has 23 heavy (non-hydrogen) atoms. The molecule has 0 saturated heterocycles. The Morgan fingerprint density at radius 3 is 2.52 bits per heavy atom. The molecule has 0 bridgehead atoms. The van der Waals surface area contributed by atoms with Crippen molar-refractivity contribution >= 4 is 5.91 Å². The van der Waals surface area contributed by atoms with Crippen molar-refractivity contribution in [3.8, 4) is 5.75 Å². The summed E-state index contributed by atoms with van der Waals surface area (Å²) < 4.78 is 41.2. The van der Waals surface area contributed by atoms with Crippen molar-refractivity contribution in [2.24, 2.45) is 0 Å². The van der Waals surface area contributed by atoms with Crippen LogP contribution in [0, 0.1) is 6.92 Å². The van der Waals surface area contributed by atoms with Gasteiger partial charge in [-0.3, -0.25) is 9.78 Å². The highest BCUT2D eigenvalue weighted by Crippen LogP contribution is 2.27. The van der Waals surface area contributed by atoms with Gasteiger partial charge in [0.2, 0.25) is 0 Å². The number of aryl methyl sites for hydroxylation is 1. The van der Waals surface area contributed by atoms with Crippen molar-refractivity contribution in [1.29, 1.82) is 0 Å². The average molecular weight is 325 g/mol. The first-order chi connectivity index (χ1) is 10.8. The SMILES string of the molecule is Cc1cnc(C(=O)N(C)Cc2ccccc2OC(F)(F)F)cn1. The molecule has 2 aromatic rings. The monoisotopic (exact) mass is 325 g/mol. The maximum atomic E-state index is 12.4. The van der Waals surface area contributed by atoms with Crippen molar-refractivity contribution in [3.05, 3.63) is 53.6 Å². The highest BCUT2D eigenvalue weighted by atomic mass is 19.4. The summed E-state index contributed by atoms with van der Waals surface area (Å²) in [6, 6.07) is 5.67. The molecule has 1 aromatic carbocycles. The number of amides is 1. The fourth-order valence-electron chi connectivity index (χ4n) is 1.88. The van der Waals surface area contributed by atoms with Gasteiger partial charge >= 0.3 is 6.36 Å². The number of ether oxygens (including phenoxy) is 1. The average Bonchev–Trinajstić information content (AvgIpc) is 2.48. The van der Waals surface area contributed by atoms with E-state index < -0.39 is 12.3 Å². The third-order valence-corrected chi connectivity index (χ3v) is 2.95. The molecular formula is C15H14F3N3O2. The Hall–Kier alpha value is -2.64. The van der Waals surface area contributed by atoms with Gasteiger partial charge in [-0.05, 0) is 13.0 Å². The van der Waals surface area contributed by atoms with E-state index in [0.717, 1.165) is 0 Å². The van der Waals surface area contributed by atoms with E-state index in [2.05, 4.69) is 14.7 Å². The van der Waals surface area contributed by atoms with E-state index in [-0.39, 0.29) is 23.6 Å². The van der Waals surface area contributed by atoms with Crippen molar-refractivity contribution in [3.63, 3.8) is 0 Å². The minimum Gasteiger partial charge on any atom is -0.405 e. The lowest BCUT2D eigenvalue weighted by Gasteiger charge is -2.19. The van der Waals surface area contributed by atoms with Crippen LogP contribution in [0.4, 0.5) is 13.2 Å². The summed E-state index contributed by atoms with van der Waals surface area (Å²) in [5, 5.41) is 0. The number of benzene rings is 1. The maximum Gasteiger partial charge on any atom is 0.573 e. The summed E-state index contributed by atoms with van der Waals surface area (Å²) in [6.45, 7) is 1.68. The lowest BCUT2D eigenvalue weighted by Crippen LogP contribution is -2.28. The highest BCUT2D eigenvalue weighted by molar-refractivity contribution is 5.91. The van der Waals surface area contributed by atoms with E-state index in [1.54, 1.807) is 13.0 Å². The molecule has 0 unspecified atom stereocenters. The summed E-state index contributed by atoms with van der Waals surface area (Å²) in [4.78, 5) is 21.4. The van der Waals surface area contributed by atoms with E-state index in [9.17, 15) is 18.0 Å². The van der Waals surface area contributed by atoms with E-state index in [0.29, 0.717) is 5.69 Å². The van der Waals surface area contributed by atoms with Gasteiger partial charge in [-0.15, -0.1) is 13.2 Å². The number of aromatic nitrogens is 2. The fourth-order valence-corrected chi connectivity index (χ4v) is 1.88. The minimum absolute atomic E-state index is 0.0549. The van der Waals surface area contributed by atoms with Crippen LogP contribution in [0.2, 0.25) is 0 Å². The zero-order valence-corrected chi connectivity index (χ0v) is 12.5. The molecule has 0 radical (unpaired) electrons. The van der Waals surface area contributed by atoms with E-state index >= 15 is 0 Å². The topological polar surface area (TPSA) is 55.3 Å². The molecule has 8 heteroatoms. The van der Waals surface area contributed by atoms with Crippen LogP contribution in [0.5, 0.6) is 5.75 Å². The van der Waals surface area contributed by atoms with E-state index in [1.807, 2.05) is 0 Å². The number of carbonyl (C=O) groups is 1. The first-order valence-electron chi connectivity index (χ1n) is 6.64. The first kappa shape index (κ1) is 16.7. The Morgan fingerprint density at radius 1 is 1.22 bits per heavy atom. The second-order valence-electron chi connectivity index (χ2n) is 4.86. The Kier molecular flexibility index (Phi) is 4.83. The molecule has 2 rings (SSSR count). The lowest BCUT2D eigenvalue weighted by atomic mass is 10.2. The number of halogens is 3. The number of rotatable bonds is 4. The van der Waals surface area contributed by atoms with Gasteiger partial charge in [0.1, 0.15) is 11.4 Å². The molecule has 1 aromatic heterocycles. The largest absolute Gasteiger partial charge is 0.573 e. The molecule has 122 valence electrons. The summed E-state index contributed by atoms with van der Waals surface area (Å²) in [7, 11) is 1.47. The fraction of sp³-hybridized carbons (Fsp3) is 0.267. The Morgan fingerprint density at radius 2 is 1.91 bits per heavy atom. The lowest BCUT2D eigenvalue weighted by molar-refractivity contribution is -0.274. The number of hydrogen-bond donors (Lipinski definition) is 0. The number of carbonyl (C=O) groups excluding carboxylic acids is 1. The Bertz CT molecular complexity index is 687. The molecular weight excluding hydrogens is 311 g/mol. The van der Waals surface area contributed by atoms with Crippen molar-refractivity contribution in [2.75, 3.05) is 7.05 Å².